The summed E-state index contributed by atoms with van der Waals surface area (Å²) in [5, 5.41) is 9.56. The van der Waals surface area contributed by atoms with Gasteiger partial charge in [0.2, 0.25) is 17.7 Å². The Labute approximate surface area is 252 Å². The Morgan fingerprint density at radius 1 is 0.976 bits per heavy atom. The fourth-order valence-electron chi connectivity index (χ4n) is 4.75. The van der Waals surface area contributed by atoms with Crippen molar-refractivity contribution in [2.24, 2.45) is 0 Å². The lowest BCUT2D eigenvalue weighted by Crippen LogP contribution is -2.39. The third-order valence-corrected chi connectivity index (χ3v) is 7.77. The molecule has 3 N–H and O–H groups in total. The SMILES string of the molecule is CNCCCCNC(=O)COCC(=O)Nc1cccc([C@@H](CN2CCCC2)N(C)C(=O)Cc2ccc(Cl)c(Cl)c2)c1. The highest BCUT2D eigenvalue weighted by Crippen LogP contribution is 2.27. The molecule has 2 aromatic carbocycles. The fraction of sp³-hybridized carbons (Fsp3) is 0.500. The predicted molar refractivity (Wildman–Crippen MR) is 163 cm³/mol. The molecule has 224 valence electrons. The Morgan fingerprint density at radius 3 is 2.44 bits per heavy atom. The lowest BCUT2D eigenvalue weighted by atomic mass is 10.0. The van der Waals surface area contributed by atoms with Crippen molar-refractivity contribution in [2.75, 3.05) is 65.3 Å². The Balaban J connectivity index is 1.59. The van der Waals surface area contributed by atoms with E-state index in [1.807, 2.05) is 38.4 Å². The van der Waals surface area contributed by atoms with E-state index in [1.54, 1.807) is 23.1 Å². The summed E-state index contributed by atoms with van der Waals surface area (Å²) in [7, 11) is 3.70. The molecule has 0 saturated carbocycles. The average molecular weight is 607 g/mol. The second kappa shape index (κ2) is 17.3. The molecular weight excluding hydrogens is 565 g/mol. The quantitative estimate of drug-likeness (QED) is 0.251. The molecule has 1 atom stereocenters. The first kappa shape index (κ1) is 32.8. The summed E-state index contributed by atoms with van der Waals surface area (Å²) in [6, 6.07) is 12.5. The number of likely N-dealkylation sites (N-methyl/N-ethyl adjacent to an activating group) is 1. The van der Waals surface area contributed by atoms with Crippen LogP contribution in [-0.2, 0) is 25.5 Å². The molecule has 0 unspecified atom stereocenters. The highest BCUT2D eigenvalue weighted by molar-refractivity contribution is 6.42. The van der Waals surface area contributed by atoms with Gasteiger partial charge in [0.1, 0.15) is 13.2 Å². The summed E-state index contributed by atoms with van der Waals surface area (Å²) < 4.78 is 5.30. The van der Waals surface area contributed by atoms with Gasteiger partial charge in [-0.3, -0.25) is 14.4 Å². The Bertz CT molecular complexity index is 1160. The fourth-order valence-corrected chi connectivity index (χ4v) is 5.07. The first-order chi connectivity index (χ1) is 19.8. The topological polar surface area (TPSA) is 103 Å². The highest BCUT2D eigenvalue weighted by atomic mass is 35.5. The van der Waals surface area contributed by atoms with Gasteiger partial charge in [-0.25, -0.2) is 0 Å². The third-order valence-electron chi connectivity index (χ3n) is 7.03. The minimum absolute atomic E-state index is 0.0456. The first-order valence-electron chi connectivity index (χ1n) is 14.1. The van der Waals surface area contributed by atoms with Gasteiger partial charge in [-0.05, 0) is 87.8 Å². The summed E-state index contributed by atoms with van der Waals surface area (Å²) in [5.41, 5.74) is 2.31. The lowest BCUT2D eigenvalue weighted by Gasteiger charge is -2.32. The maximum atomic E-state index is 13.4. The zero-order valence-electron chi connectivity index (χ0n) is 23.9. The van der Waals surface area contributed by atoms with E-state index in [-0.39, 0.29) is 43.4 Å². The van der Waals surface area contributed by atoms with Crippen molar-refractivity contribution in [3.8, 4) is 0 Å². The standard InChI is InChI=1S/C30H41Cl2N5O4/c1-33-12-3-4-13-34-28(38)20-41-21-29(39)35-24-9-7-8-23(18-24)27(19-37-14-5-6-15-37)36(2)30(40)17-22-10-11-25(31)26(32)16-22/h7-11,16,18,27,33H,3-6,12-15,17,19-21H2,1-2H3,(H,34,38)(H,35,39)/t27-/m1/s1. The van der Waals surface area contributed by atoms with E-state index in [1.165, 1.54) is 0 Å². The van der Waals surface area contributed by atoms with Crippen LogP contribution in [0.2, 0.25) is 10.0 Å². The molecule has 2 aromatic rings. The molecule has 0 bridgehead atoms. The molecule has 41 heavy (non-hydrogen) atoms. The normalized spacial score (nSPS) is 14.0. The zero-order chi connectivity index (χ0) is 29.6. The van der Waals surface area contributed by atoms with E-state index in [2.05, 4.69) is 20.9 Å². The number of carbonyl (C=O) groups is 3. The molecule has 1 fully saturated rings. The number of nitrogens with one attached hydrogen (secondary N) is 3. The minimum Gasteiger partial charge on any atom is -0.362 e. The summed E-state index contributed by atoms with van der Waals surface area (Å²) in [4.78, 5) is 41.9. The molecule has 3 rings (SSSR count). The molecule has 3 amide bonds. The highest BCUT2D eigenvalue weighted by Gasteiger charge is 2.26. The monoisotopic (exact) mass is 605 g/mol. The van der Waals surface area contributed by atoms with Crippen LogP contribution in [0.4, 0.5) is 5.69 Å². The zero-order valence-corrected chi connectivity index (χ0v) is 25.4. The Morgan fingerprint density at radius 2 is 1.71 bits per heavy atom. The number of anilines is 1. The number of hydrogen-bond acceptors (Lipinski definition) is 6. The van der Waals surface area contributed by atoms with Gasteiger partial charge in [0, 0.05) is 25.8 Å². The summed E-state index contributed by atoms with van der Waals surface area (Å²) in [6.07, 6.45) is 4.31. The van der Waals surface area contributed by atoms with Crippen molar-refractivity contribution in [1.29, 1.82) is 0 Å². The summed E-state index contributed by atoms with van der Waals surface area (Å²) in [6.45, 7) is 3.73. The smallest absolute Gasteiger partial charge is 0.250 e. The number of ether oxygens (including phenoxy) is 1. The van der Waals surface area contributed by atoms with Gasteiger partial charge in [-0.1, -0.05) is 41.4 Å². The van der Waals surface area contributed by atoms with Crippen LogP contribution in [0.3, 0.4) is 0 Å². The summed E-state index contributed by atoms with van der Waals surface area (Å²) in [5.74, 6) is -0.651. The molecule has 0 aromatic heterocycles. The van der Waals surface area contributed by atoms with Crippen molar-refractivity contribution >= 4 is 46.6 Å². The van der Waals surface area contributed by atoms with Crippen LogP contribution in [0.1, 0.15) is 42.9 Å². The van der Waals surface area contributed by atoms with Crippen molar-refractivity contribution in [2.45, 2.75) is 38.1 Å². The molecule has 0 aliphatic carbocycles. The van der Waals surface area contributed by atoms with Crippen molar-refractivity contribution < 1.29 is 19.1 Å². The summed E-state index contributed by atoms with van der Waals surface area (Å²) >= 11 is 12.2. The van der Waals surface area contributed by atoms with Crippen molar-refractivity contribution in [3.63, 3.8) is 0 Å². The molecule has 1 aliphatic heterocycles. The molecule has 1 saturated heterocycles. The maximum Gasteiger partial charge on any atom is 0.250 e. The molecule has 0 spiro atoms. The van der Waals surface area contributed by atoms with Gasteiger partial charge >= 0.3 is 0 Å². The van der Waals surface area contributed by atoms with Crippen LogP contribution in [0.15, 0.2) is 42.5 Å². The largest absolute Gasteiger partial charge is 0.362 e. The van der Waals surface area contributed by atoms with Gasteiger partial charge in [0.25, 0.3) is 0 Å². The first-order valence-corrected chi connectivity index (χ1v) is 14.8. The van der Waals surface area contributed by atoms with Crippen molar-refractivity contribution in [1.82, 2.24) is 20.4 Å². The lowest BCUT2D eigenvalue weighted by molar-refractivity contribution is -0.132. The molecule has 1 aliphatic rings. The van der Waals surface area contributed by atoms with Crippen LogP contribution < -0.4 is 16.0 Å². The third kappa shape index (κ3) is 11.2. The maximum absolute atomic E-state index is 13.4. The van der Waals surface area contributed by atoms with Gasteiger partial charge in [0.15, 0.2) is 0 Å². The number of likely N-dealkylation sites (tertiary alicyclic amines) is 1. The van der Waals surface area contributed by atoms with Crippen LogP contribution in [0.5, 0.6) is 0 Å². The average Bonchev–Trinajstić information content (AvgIpc) is 3.47. The van der Waals surface area contributed by atoms with E-state index in [0.717, 1.165) is 56.4 Å². The number of unbranched alkanes of at least 4 members (excludes halogenated alkanes) is 1. The van der Waals surface area contributed by atoms with E-state index < -0.39 is 0 Å². The van der Waals surface area contributed by atoms with Gasteiger partial charge in [-0.2, -0.15) is 0 Å². The molecule has 0 radical (unpaired) electrons. The molecule has 11 heteroatoms. The number of benzene rings is 2. The number of amides is 3. The van der Waals surface area contributed by atoms with E-state index >= 15 is 0 Å². The second-order valence-electron chi connectivity index (χ2n) is 10.3. The molecule has 1 heterocycles. The van der Waals surface area contributed by atoms with Gasteiger partial charge in [0.05, 0.1) is 22.5 Å². The number of nitrogens with zero attached hydrogens (tertiary/aromatic N) is 2. The predicted octanol–water partition coefficient (Wildman–Crippen LogP) is 3.90. The van der Waals surface area contributed by atoms with E-state index in [0.29, 0.717) is 28.8 Å². The van der Waals surface area contributed by atoms with Gasteiger partial charge in [-0.15, -0.1) is 0 Å². The van der Waals surface area contributed by atoms with Crippen molar-refractivity contribution in [3.05, 3.63) is 63.6 Å². The number of halogens is 2. The molecule has 9 nitrogen and oxygen atoms in total. The minimum atomic E-state index is -0.357. The van der Waals surface area contributed by atoms with E-state index in [9.17, 15) is 14.4 Å². The number of carbonyl (C=O) groups excluding carboxylic acids is 3. The Hall–Kier alpha value is -2.69. The van der Waals surface area contributed by atoms with E-state index in [4.69, 9.17) is 27.9 Å². The Kier molecular flexibility index (Phi) is 13.9. The molecular formula is C30H41Cl2N5O4. The second-order valence-corrected chi connectivity index (χ2v) is 11.1. The van der Waals surface area contributed by atoms with Gasteiger partial charge < -0.3 is 30.5 Å². The number of hydrogen-bond donors (Lipinski definition) is 3. The van der Waals surface area contributed by atoms with Crippen LogP contribution in [-0.4, -0.2) is 87.6 Å². The van der Waals surface area contributed by atoms with Crippen LogP contribution in [0, 0.1) is 0 Å². The van der Waals surface area contributed by atoms with Crippen LogP contribution >= 0.6 is 23.2 Å². The van der Waals surface area contributed by atoms with Crippen LogP contribution in [0.25, 0.3) is 0 Å². The number of rotatable bonds is 16.